The van der Waals surface area contributed by atoms with Crippen LogP contribution in [0.5, 0.6) is 11.6 Å². The average Bonchev–Trinajstić information content (AvgIpc) is 2.56. The molecule has 0 atom stereocenters. The summed E-state index contributed by atoms with van der Waals surface area (Å²) in [5.74, 6) is 1.20. The molecule has 2 aromatic carbocycles. The van der Waals surface area contributed by atoms with E-state index >= 15 is 0 Å². The van der Waals surface area contributed by atoms with Crippen LogP contribution >= 0.6 is 0 Å². The topological polar surface area (TPSA) is 42.4 Å². The first kappa shape index (κ1) is 13.3. The summed E-state index contributed by atoms with van der Waals surface area (Å²) >= 11 is 0. The highest BCUT2D eigenvalue weighted by molar-refractivity contribution is 5.63. The third kappa shape index (κ3) is 3.27. The molecule has 0 unspecified atom stereocenters. The lowest BCUT2D eigenvalue weighted by Gasteiger charge is -2.07. The minimum atomic E-state index is -0.0931. The summed E-state index contributed by atoms with van der Waals surface area (Å²) < 4.78 is 5.69. The number of hydrogen-bond donors (Lipinski definition) is 1. The van der Waals surface area contributed by atoms with E-state index in [1.165, 1.54) is 5.56 Å². The molecule has 0 fully saturated rings. The molecular weight excluding hydrogens is 262 g/mol. The third-order valence-electron chi connectivity index (χ3n) is 3.13. The van der Waals surface area contributed by atoms with E-state index in [1.807, 2.05) is 48.5 Å². The van der Waals surface area contributed by atoms with Gasteiger partial charge in [-0.15, -0.1) is 0 Å². The van der Waals surface area contributed by atoms with Crippen LogP contribution in [0.4, 0.5) is 0 Å². The molecule has 0 saturated heterocycles. The van der Waals surface area contributed by atoms with E-state index in [0.717, 1.165) is 11.3 Å². The number of rotatable bonds is 4. The highest BCUT2D eigenvalue weighted by Gasteiger charge is 2.01. The summed E-state index contributed by atoms with van der Waals surface area (Å²) in [5, 5.41) is 9.07. The average molecular weight is 277 g/mol. The Labute approximate surface area is 123 Å². The Morgan fingerprint density at radius 1 is 0.762 bits per heavy atom. The summed E-state index contributed by atoms with van der Waals surface area (Å²) in [4.78, 5) is 4.19. The highest BCUT2D eigenvalue weighted by Crippen LogP contribution is 2.24. The number of ether oxygens (including phenoxy) is 1. The standard InChI is InChI=1S/C18H15NO2/c20-13-16-7-4-8-18(19-16)21-17-11-9-15(10-12-17)14-5-2-1-3-6-14/h1-12,20H,13H2. The molecular formula is C18H15NO2. The lowest BCUT2D eigenvalue weighted by atomic mass is 10.1. The van der Waals surface area contributed by atoms with Crippen LogP contribution < -0.4 is 4.74 Å². The van der Waals surface area contributed by atoms with Crippen molar-refractivity contribution in [2.45, 2.75) is 6.61 Å². The van der Waals surface area contributed by atoms with Crippen LogP contribution in [-0.4, -0.2) is 10.1 Å². The second kappa shape index (κ2) is 6.20. The molecule has 1 aromatic heterocycles. The first-order chi connectivity index (χ1) is 10.3. The zero-order valence-electron chi connectivity index (χ0n) is 11.4. The van der Waals surface area contributed by atoms with Crippen LogP contribution in [0, 0.1) is 0 Å². The van der Waals surface area contributed by atoms with Crippen LogP contribution in [0.2, 0.25) is 0 Å². The van der Waals surface area contributed by atoms with Crippen molar-refractivity contribution in [1.82, 2.24) is 4.98 Å². The summed E-state index contributed by atoms with van der Waals surface area (Å²) in [6.45, 7) is -0.0931. The van der Waals surface area contributed by atoms with Crippen LogP contribution in [0.15, 0.2) is 72.8 Å². The van der Waals surface area contributed by atoms with Crippen molar-refractivity contribution < 1.29 is 9.84 Å². The molecule has 0 saturated carbocycles. The van der Waals surface area contributed by atoms with Crippen molar-refractivity contribution in [1.29, 1.82) is 0 Å². The molecule has 0 aliphatic heterocycles. The van der Waals surface area contributed by atoms with E-state index in [-0.39, 0.29) is 6.61 Å². The molecule has 0 amide bonds. The number of aliphatic hydroxyl groups is 1. The Kier molecular flexibility index (Phi) is 3.94. The molecule has 3 heteroatoms. The number of benzene rings is 2. The Hall–Kier alpha value is -2.65. The fourth-order valence-corrected chi connectivity index (χ4v) is 2.07. The van der Waals surface area contributed by atoms with Crippen LogP contribution in [-0.2, 0) is 6.61 Å². The maximum absolute atomic E-state index is 9.07. The number of hydrogen-bond acceptors (Lipinski definition) is 3. The van der Waals surface area contributed by atoms with Gasteiger partial charge in [-0.1, -0.05) is 48.5 Å². The number of aromatic nitrogens is 1. The Bertz CT molecular complexity index is 709. The maximum Gasteiger partial charge on any atom is 0.219 e. The first-order valence-corrected chi connectivity index (χ1v) is 6.75. The van der Waals surface area contributed by atoms with E-state index < -0.39 is 0 Å². The van der Waals surface area contributed by atoms with Crippen LogP contribution in [0.3, 0.4) is 0 Å². The van der Waals surface area contributed by atoms with Crippen molar-refractivity contribution in [2.75, 3.05) is 0 Å². The quantitative estimate of drug-likeness (QED) is 0.782. The molecule has 0 bridgehead atoms. The number of pyridine rings is 1. The number of nitrogens with zero attached hydrogens (tertiary/aromatic N) is 1. The third-order valence-corrected chi connectivity index (χ3v) is 3.13. The van der Waals surface area contributed by atoms with E-state index in [4.69, 9.17) is 9.84 Å². The second-order valence-corrected chi connectivity index (χ2v) is 4.62. The fraction of sp³-hybridized carbons (Fsp3) is 0.0556. The summed E-state index contributed by atoms with van der Waals surface area (Å²) in [5.41, 5.74) is 2.90. The molecule has 0 radical (unpaired) electrons. The van der Waals surface area contributed by atoms with E-state index in [9.17, 15) is 0 Å². The van der Waals surface area contributed by atoms with Gasteiger partial charge in [-0.25, -0.2) is 4.98 Å². The number of aliphatic hydroxyl groups excluding tert-OH is 1. The van der Waals surface area contributed by atoms with Crippen LogP contribution in [0.25, 0.3) is 11.1 Å². The molecule has 1 heterocycles. The molecule has 0 aliphatic carbocycles. The van der Waals surface area contributed by atoms with Gasteiger partial charge in [0.15, 0.2) is 0 Å². The van der Waals surface area contributed by atoms with Gasteiger partial charge in [-0.2, -0.15) is 0 Å². The lowest BCUT2D eigenvalue weighted by molar-refractivity contribution is 0.275. The van der Waals surface area contributed by atoms with E-state index in [2.05, 4.69) is 17.1 Å². The first-order valence-electron chi connectivity index (χ1n) is 6.75. The van der Waals surface area contributed by atoms with Gasteiger partial charge >= 0.3 is 0 Å². The van der Waals surface area contributed by atoms with Crippen molar-refractivity contribution in [2.24, 2.45) is 0 Å². The largest absolute Gasteiger partial charge is 0.439 e. The Balaban J connectivity index is 1.78. The normalized spacial score (nSPS) is 10.3. The van der Waals surface area contributed by atoms with Gasteiger partial charge in [-0.05, 0) is 29.3 Å². The van der Waals surface area contributed by atoms with Gasteiger partial charge in [-0.3, -0.25) is 0 Å². The highest BCUT2D eigenvalue weighted by atomic mass is 16.5. The minimum absolute atomic E-state index is 0.0931. The molecule has 3 nitrogen and oxygen atoms in total. The maximum atomic E-state index is 9.07. The SMILES string of the molecule is OCc1cccc(Oc2ccc(-c3ccccc3)cc2)n1. The Morgan fingerprint density at radius 2 is 1.48 bits per heavy atom. The molecule has 1 N–H and O–H groups in total. The predicted molar refractivity (Wildman–Crippen MR) is 82.1 cm³/mol. The summed E-state index contributed by atoms with van der Waals surface area (Å²) in [6.07, 6.45) is 0. The van der Waals surface area contributed by atoms with Gasteiger partial charge in [0.1, 0.15) is 5.75 Å². The smallest absolute Gasteiger partial charge is 0.219 e. The lowest BCUT2D eigenvalue weighted by Crippen LogP contribution is -1.92. The predicted octanol–water partition coefficient (Wildman–Crippen LogP) is 4.03. The summed E-state index contributed by atoms with van der Waals surface area (Å²) in [7, 11) is 0. The molecule has 0 spiro atoms. The molecule has 3 aromatic rings. The van der Waals surface area contributed by atoms with E-state index in [0.29, 0.717) is 11.6 Å². The van der Waals surface area contributed by atoms with Gasteiger partial charge < -0.3 is 9.84 Å². The fourth-order valence-electron chi connectivity index (χ4n) is 2.07. The van der Waals surface area contributed by atoms with Gasteiger partial charge in [0.05, 0.1) is 12.3 Å². The van der Waals surface area contributed by atoms with E-state index in [1.54, 1.807) is 12.1 Å². The monoisotopic (exact) mass is 277 g/mol. The van der Waals surface area contributed by atoms with Crippen molar-refractivity contribution in [3.8, 4) is 22.8 Å². The Morgan fingerprint density at radius 3 is 2.19 bits per heavy atom. The zero-order chi connectivity index (χ0) is 14.5. The van der Waals surface area contributed by atoms with Crippen molar-refractivity contribution >= 4 is 0 Å². The molecule has 21 heavy (non-hydrogen) atoms. The van der Waals surface area contributed by atoms with Crippen molar-refractivity contribution in [3.63, 3.8) is 0 Å². The van der Waals surface area contributed by atoms with Crippen LogP contribution in [0.1, 0.15) is 5.69 Å². The molecule has 104 valence electrons. The molecule has 3 rings (SSSR count). The minimum Gasteiger partial charge on any atom is -0.439 e. The van der Waals surface area contributed by atoms with Crippen molar-refractivity contribution in [3.05, 3.63) is 78.5 Å². The summed E-state index contributed by atoms with van der Waals surface area (Å²) in [6, 6.07) is 23.4. The second-order valence-electron chi connectivity index (χ2n) is 4.62. The molecule has 0 aliphatic rings. The van der Waals surface area contributed by atoms with Gasteiger partial charge in [0.2, 0.25) is 5.88 Å². The zero-order valence-corrected chi connectivity index (χ0v) is 11.4. The van der Waals surface area contributed by atoms with Gasteiger partial charge in [0, 0.05) is 6.07 Å². The van der Waals surface area contributed by atoms with Gasteiger partial charge in [0.25, 0.3) is 0 Å².